The molecule has 0 aliphatic carbocycles. The van der Waals surface area contributed by atoms with Crippen molar-refractivity contribution >= 4 is 10.9 Å². The molecule has 0 amide bonds. The third-order valence-electron chi connectivity index (χ3n) is 4.07. The highest BCUT2D eigenvalue weighted by Crippen LogP contribution is 2.16. The van der Waals surface area contributed by atoms with Crippen LogP contribution in [0.5, 0.6) is 0 Å². The summed E-state index contributed by atoms with van der Waals surface area (Å²) in [6.07, 6.45) is 5.99. The van der Waals surface area contributed by atoms with Crippen molar-refractivity contribution in [1.29, 1.82) is 5.26 Å². The zero-order chi connectivity index (χ0) is 15.5. The van der Waals surface area contributed by atoms with Gasteiger partial charge in [0.05, 0.1) is 17.0 Å². The van der Waals surface area contributed by atoms with E-state index in [1.165, 1.54) is 12.5 Å². The van der Waals surface area contributed by atoms with Crippen LogP contribution in [-0.4, -0.2) is 22.3 Å². The van der Waals surface area contributed by atoms with Crippen molar-refractivity contribution in [3.63, 3.8) is 0 Å². The number of hydrogen-bond donors (Lipinski definition) is 1. The molecule has 1 fully saturated rings. The summed E-state index contributed by atoms with van der Waals surface area (Å²) < 4.78 is 7.28. The van der Waals surface area contributed by atoms with Crippen LogP contribution < -0.4 is 11.1 Å². The van der Waals surface area contributed by atoms with E-state index in [-0.39, 0.29) is 17.2 Å². The minimum Gasteiger partial charge on any atom is -0.378 e. The van der Waals surface area contributed by atoms with E-state index in [0.717, 1.165) is 25.9 Å². The Morgan fingerprint density at radius 2 is 2.27 bits per heavy atom. The highest BCUT2D eigenvalue weighted by molar-refractivity contribution is 5.78. The monoisotopic (exact) mass is 299 g/mol. The molecule has 0 bridgehead atoms. The van der Waals surface area contributed by atoms with Gasteiger partial charge in [0.1, 0.15) is 11.6 Å². The van der Waals surface area contributed by atoms with Gasteiger partial charge in [0, 0.05) is 19.3 Å². The summed E-state index contributed by atoms with van der Waals surface area (Å²) in [5, 5.41) is 9.28. The van der Waals surface area contributed by atoms with Crippen LogP contribution in [0.4, 0.5) is 0 Å². The molecule has 0 aromatic carbocycles. The van der Waals surface area contributed by atoms with Crippen LogP contribution in [0, 0.1) is 11.3 Å². The summed E-state index contributed by atoms with van der Waals surface area (Å²) in [4.78, 5) is 26.6. The number of nitrogens with one attached hydrogen (secondary N) is 1. The fraction of sp³-hybridized carbons (Fsp3) is 0.438. The van der Waals surface area contributed by atoms with Crippen molar-refractivity contribution in [1.82, 2.24) is 9.55 Å². The van der Waals surface area contributed by atoms with Crippen molar-refractivity contribution < 1.29 is 4.74 Å². The Labute approximate surface area is 127 Å². The number of aromatic amines is 1. The molecule has 22 heavy (non-hydrogen) atoms. The molecule has 3 rings (SSSR count). The molecule has 1 saturated heterocycles. The van der Waals surface area contributed by atoms with Crippen LogP contribution in [0.25, 0.3) is 10.9 Å². The maximum atomic E-state index is 12.5. The van der Waals surface area contributed by atoms with Gasteiger partial charge in [-0.15, -0.1) is 0 Å². The molecule has 1 aliphatic rings. The number of aromatic nitrogens is 2. The first-order valence-electron chi connectivity index (χ1n) is 7.47. The number of nitrogens with zero attached hydrogens (tertiary/aromatic N) is 2. The molecular formula is C16H17N3O3. The zero-order valence-corrected chi connectivity index (χ0v) is 12.2. The summed E-state index contributed by atoms with van der Waals surface area (Å²) in [5.74, 6) is 0. The highest BCUT2D eigenvalue weighted by Gasteiger charge is 2.14. The Balaban J connectivity index is 1.89. The molecule has 0 saturated carbocycles. The minimum atomic E-state index is -0.470. The van der Waals surface area contributed by atoms with E-state index in [1.807, 2.05) is 0 Å². The third kappa shape index (κ3) is 2.81. The van der Waals surface area contributed by atoms with Gasteiger partial charge in [-0.05, 0) is 37.8 Å². The summed E-state index contributed by atoms with van der Waals surface area (Å²) in [6.45, 7) is 1.37. The first kappa shape index (κ1) is 14.5. The lowest BCUT2D eigenvalue weighted by molar-refractivity contribution is 0.00868. The fourth-order valence-electron chi connectivity index (χ4n) is 2.82. The first-order valence-corrected chi connectivity index (χ1v) is 7.47. The second kappa shape index (κ2) is 6.16. The second-order valence-corrected chi connectivity index (χ2v) is 5.54. The maximum Gasteiger partial charge on any atom is 0.266 e. The Hall–Kier alpha value is -2.39. The van der Waals surface area contributed by atoms with Crippen molar-refractivity contribution in [2.45, 2.75) is 38.3 Å². The Morgan fingerprint density at radius 1 is 1.41 bits per heavy atom. The van der Waals surface area contributed by atoms with Crippen LogP contribution in [0.1, 0.15) is 31.2 Å². The Kier molecular flexibility index (Phi) is 4.07. The number of pyridine rings is 2. The molecule has 0 unspecified atom stereocenters. The van der Waals surface area contributed by atoms with E-state index >= 15 is 0 Å². The third-order valence-corrected chi connectivity index (χ3v) is 4.07. The van der Waals surface area contributed by atoms with Gasteiger partial charge in [0.2, 0.25) is 0 Å². The van der Waals surface area contributed by atoms with Gasteiger partial charge < -0.3 is 14.3 Å². The SMILES string of the molecule is N#Cc1cc2c(=O)n(CC[C@@H]3CCCCO3)ccc2[nH]c1=O. The normalized spacial score (nSPS) is 18.2. The van der Waals surface area contributed by atoms with Crippen LogP contribution >= 0.6 is 0 Å². The van der Waals surface area contributed by atoms with Gasteiger partial charge in [-0.2, -0.15) is 5.26 Å². The van der Waals surface area contributed by atoms with E-state index in [9.17, 15) is 9.59 Å². The number of hydrogen-bond acceptors (Lipinski definition) is 4. The average Bonchev–Trinajstić information content (AvgIpc) is 2.55. The standard InChI is InChI=1S/C16H17N3O3/c17-10-11-9-13-14(18-15(11)20)5-7-19(16(13)21)6-4-12-3-1-2-8-22-12/h5,7,9,12H,1-4,6,8H2,(H,18,20)/t12-/m0/s1. The molecule has 2 aromatic heterocycles. The number of rotatable bonds is 3. The van der Waals surface area contributed by atoms with Crippen molar-refractivity contribution in [3.8, 4) is 6.07 Å². The average molecular weight is 299 g/mol. The van der Waals surface area contributed by atoms with Gasteiger partial charge >= 0.3 is 0 Å². The van der Waals surface area contributed by atoms with Crippen LogP contribution in [0.3, 0.4) is 0 Å². The molecule has 0 spiro atoms. The lowest BCUT2D eigenvalue weighted by Crippen LogP contribution is -2.26. The van der Waals surface area contributed by atoms with Crippen molar-refractivity contribution in [2.24, 2.45) is 0 Å². The molecule has 1 N–H and O–H groups in total. The predicted molar refractivity (Wildman–Crippen MR) is 81.8 cm³/mol. The van der Waals surface area contributed by atoms with E-state index in [2.05, 4.69) is 4.98 Å². The van der Waals surface area contributed by atoms with E-state index in [1.54, 1.807) is 22.9 Å². The topological polar surface area (TPSA) is 87.9 Å². The van der Waals surface area contributed by atoms with E-state index < -0.39 is 5.56 Å². The first-order chi connectivity index (χ1) is 10.7. The second-order valence-electron chi connectivity index (χ2n) is 5.54. The molecule has 2 aromatic rings. The molecule has 1 atom stereocenters. The molecule has 0 radical (unpaired) electrons. The number of H-pyrrole nitrogens is 1. The summed E-state index contributed by atoms with van der Waals surface area (Å²) >= 11 is 0. The molecule has 114 valence electrons. The lowest BCUT2D eigenvalue weighted by atomic mass is 10.1. The lowest BCUT2D eigenvalue weighted by Gasteiger charge is -2.22. The molecule has 3 heterocycles. The largest absolute Gasteiger partial charge is 0.378 e. The number of aryl methyl sites for hydroxylation is 1. The zero-order valence-electron chi connectivity index (χ0n) is 12.2. The smallest absolute Gasteiger partial charge is 0.266 e. The molecular weight excluding hydrogens is 282 g/mol. The highest BCUT2D eigenvalue weighted by atomic mass is 16.5. The van der Waals surface area contributed by atoms with Crippen molar-refractivity contribution in [2.75, 3.05) is 6.61 Å². The van der Waals surface area contributed by atoms with Crippen LogP contribution in [0.15, 0.2) is 27.9 Å². The van der Waals surface area contributed by atoms with Gasteiger partial charge in [0.25, 0.3) is 11.1 Å². The quantitative estimate of drug-likeness (QED) is 0.930. The summed E-state index contributed by atoms with van der Waals surface area (Å²) in [7, 11) is 0. The number of nitriles is 1. The predicted octanol–water partition coefficient (Wildman–Crippen LogP) is 1.52. The van der Waals surface area contributed by atoms with Crippen LogP contribution in [0.2, 0.25) is 0 Å². The van der Waals surface area contributed by atoms with Gasteiger partial charge in [0.15, 0.2) is 0 Å². The van der Waals surface area contributed by atoms with Gasteiger partial charge in [-0.3, -0.25) is 9.59 Å². The molecule has 6 heteroatoms. The summed E-state index contributed by atoms with van der Waals surface area (Å²) in [5.41, 5.74) is -0.249. The minimum absolute atomic E-state index is 0.0436. The number of ether oxygens (including phenoxy) is 1. The van der Waals surface area contributed by atoms with Gasteiger partial charge in [-0.25, -0.2) is 0 Å². The van der Waals surface area contributed by atoms with Gasteiger partial charge in [-0.1, -0.05) is 0 Å². The molecule has 6 nitrogen and oxygen atoms in total. The van der Waals surface area contributed by atoms with E-state index in [4.69, 9.17) is 10.00 Å². The Morgan fingerprint density at radius 3 is 3.00 bits per heavy atom. The van der Waals surface area contributed by atoms with E-state index in [0.29, 0.717) is 17.4 Å². The Bertz CT molecular complexity index is 838. The van der Waals surface area contributed by atoms with Crippen molar-refractivity contribution in [3.05, 3.63) is 44.6 Å². The number of fused-ring (bicyclic) bond motifs is 1. The van der Waals surface area contributed by atoms with Crippen LogP contribution in [-0.2, 0) is 11.3 Å². The fourth-order valence-corrected chi connectivity index (χ4v) is 2.82. The summed E-state index contributed by atoms with van der Waals surface area (Å²) in [6, 6.07) is 4.87. The molecule has 1 aliphatic heterocycles. The maximum absolute atomic E-state index is 12.5.